The quantitative estimate of drug-likeness (QED) is 0.294. The Hall–Kier alpha value is -3.45. The van der Waals surface area contributed by atoms with Crippen LogP contribution < -0.4 is 5.32 Å². The topological polar surface area (TPSA) is 107 Å². The van der Waals surface area contributed by atoms with Crippen molar-refractivity contribution in [3.05, 3.63) is 80.9 Å². The fourth-order valence-corrected chi connectivity index (χ4v) is 5.41. The van der Waals surface area contributed by atoms with Gasteiger partial charge in [-0.15, -0.1) is 11.3 Å². The molecular formula is C24H16F2N2O5S3. The van der Waals surface area contributed by atoms with Crippen LogP contribution in [0.5, 0.6) is 0 Å². The summed E-state index contributed by atoms with van der Waals surface area (Å²) >= 11 is 7.56. The molecule has 0 bridgehead atoms. The number of thiophene rings is 1. The minimum Gasteiger partial charge on any atom is -0.478 e. The van der Waals surface area contributed by atoms with Crippen molar-refractivity contribution in [1.82, 2.24) is 4.90 Å². The van der Waals surface area contributed by atoms with Crippen LogP contribution in [0.15, 0.2) is 58.8 Å². The predicted octanol–water partition coefficient (Wildman–Crippen LogP) is 4.59. The molecule has 4 rings (SSSR count). The highest BCUT2D eigenvalue weighted by Crippen LogP contribution is 2.35. The molecule has 0 radical (unpaired) electrons. The zero-order chi connectivity index (χ0) is 26.0. The second kappa shape index (κ2) is 10.7. The number of nitrogens with zero attached hydrogens (tertiary/aromatic N) is 1. The number of thiocarbonyl (C=S) groups is 1. The molecule has 3 N–H and O–H groups in total. The van der Waals surface area contributed by atoms with Gasteiger partial charge in [0.2, 0.25) is 0 Å². The Morgan fingerprint density at radius 3 is 2.47 bits per heavy atom. The van der Waals surface area contributed by atoms with Crippen molar-refractivity contribution >= 4 is 69.2 Å². The number of carbonyl (C=O) groups is 3. The second-order valence-corrected chi connectivity index (χ2v) is 10.2. The number of aliphatic hydroxyl groups excluding tert-OH is 1. The third-order valence-corrected chi connectivity index (χ3v) is 7.33. The van der Waals surface area contributed by atoms with Gasteiger partial charge < -0.3 is 15.5 Å². The van der Waals surface area contributed by atoms with Crippen LogP contribution in [0.3, 0.4) is 0 Å². The normalized spacial score (nSPS) is 15.4. The van der Waals surface area contributed by atoms with Crippen molar-refractivity contribution in [2.45, 2.75) is 6.10 Å². The first-order valence-electron chi connectivity index (χ1n) is 10.2. The van der Waals surface area contributed by atoms with E-state index in [0.717, 1.165) is 28.8 Å². The number of anilines is 1. The number of hydrogen-bond acceptors (Lipinski definition) is 7. The Labute approximate surface area is 217 Å². The lowest BCUT2D eigenvalue weighted by Crippen LogP contribution is -2.41. The van der Waals surface area contributed by atoms with Gasteiger partial charge in [0.1, 0.15) is 4.32 Å². The molecule has 12 heteroatoms. The van der Waals surface area contributed by atoms with Crippen LogP contribution in [0.4, 0.5) is 14.5 Å². The number of carboxylic acid groups (broad SMARTS) is 1. The number of aromatic carboxylic acids is 1. The monoisotopic (exact) mass is 546 g/mol. The van der Waals surface area contributed by atoms with Crippen molar-refractivity contribution in [3.8, 4) is 11.1 Å². The van der Waals surface area contributed by atoms with Crippen LogP contribution in [0, 0.1) is 11.6 Å². The molecule has 1 fully saturated rings. The number of nitrogens with one attached hydrogen (secondary N) is 1. The lowest BCUT2D eigenvalue weighted by molar-refractivity contribution is -0.127. The van der Waals surface area contributed by atoms with Crippen molar-refractivity contribution in [1.29, 1.82) is 0 Å². The summed E-state index contributed by atoms with van der Waals surface area (Å²) in [6.07, 6.45) is 0.0109. The summed E-state index contributed by atoms with van der Waals surface area (Å²) in [6, 6.07) is 10.7. The van der Waals surface area contributed by atoms with Gasteiger partial charge in [0.05, 0.1) is 17.0 Å². The van der Waals surface area contributed by atoms with Gasteiger partial charge in [-0.05, 0) is 65.0 Å². The second-order valence-electron chi connectivity index (χ2n) is 7.55. The first kappa shape index (κ1) is 25.6. The number of halogens is 2. The highest BCUT2D eigenvalue weighted by atomic mass is 32.2. The molecule has 2 aromatic carbocycles. The molecule has 2 amide bonds. The summed E-state index contributed by atoms with van der Waals surface area (Å²) in [5.74, 6) is -4.28. The molecule has 1 aliphatic rings. The van der Waals surface area contributed by atoms with Crippen LogP contribution in [0.25, 0.3) is 17.2 Å². The minimum atomic E-state index is -1.59. The number of hydrogen-bond donors (Lipinski definition) is 3. The molecule has 1 aromatic heterocycles. The van der Waals surface area contributed by atoms with Gasteiger partial charge in [-0.1, -0.05) is 30.0 Å². The molecule has 0 spiro atoms. The van der Waals surface area contributed by atoms with Gasteiger partial charge in [0, 0.05) is 10.6 Å². The first-order valence-corrected chi connectivity index (χ1v) is 12.3. The lowest BCUT2D eigenvalue weighted by atomic mass is 10.1. The molecule has 1 aliphatic heterocycles. The molecule has 2 heterocycles. The standard InChI is InChI=1S/C24H16F2N2O5S3/c25-17-6-3-13(8-18(17)26)14-7-16(35-11-14)9-20-22(31)28(24(34)36-20)10-19(29)21(30)27-15-4-1-12(2-5-15)23(32)33/h1-9,11,19,29H,10H2,(H,27,30)(H,32,33)/b20-9-. The summed E-state index contributed by atoms with van der Waals surface area (Å²) in [4.78, 5) is 38.2. The Balaban J connectivity index is 1.41. The summed E-state index contributed by atoms with van der Waals surface area (Å²) in [6.45, 7) is -0.369. The fraction of sp³-hybridized carbons (Fsp3) is 0.0833. The average Bonchev–Trinajstić information content (AvgIpc) is 3.41. The molecule has 36 heavy (non-hydrogen) atoms. The highest BCUT2D eigenvalue weighted by Gasteiger charge is 2.35. The van der Waals surface area contributed by atoms with Gasteiger partial charge in [-0.2, -0.15) is 0 Å². The van der Waals surface area contributed by atoms with E-state index < -0.39 is 35.5 Å². The molecular weight excluding hydrogens is 530 g/mol. The van der Waals surface area contributed by atoms with E-state index in [4.69, 9.17) is 17.3 Å². The van der Waals surface area contributed by atoms with Crippen LogP contribution in [-0.2, 0) is 9.59 Å². The van der Waals surface area contributed by atoms with Gasteiger partial charge in [0.25, 0.3) is 11.8 Å². The van der Waals surface area contributed by atoms with Crippen molar-refractivity contribution in [3.63, 3.8) is 0 Å². The molecule has 3 aromatic rings. The van der Waals surface area contributed by atoms with Crippen molar-refractivity contribution in [2.75, 3.05) is 11.9 Å². The van der Waals surface area contributed by atoms with Gasteiger partial charge in [0.15, 0.2) is 17.7 Å². The third kappa shape index (κ3) is 5.68. The van der Waals surface area contributed by atoms with E-state index in [1.807, 2.05) is 0 Å². The molecule has 0 saturated carbocycles. The minimum absolute atomic E-state index is 0.0422. The maximum Gasteiger partial charge on any atom is 0.335 e. The fourth-order valence-electron chi connectivity index (χ4n) is 3.22. The summed E-state index contributed by atoms with van der Waals surface area (Å²) in [5, 5.41) is 23.5. The maximum absolute atomic E-state index is 13.5. The van der Waals surface area contributed by atoms with Gasteiger partial charge >= 0.3 is 5.97 Å². The van der Waals surface area contributed by atoms with Gasteiger partial charge in [-0.25, -0.2) is 13.6 Å². The number of thioether (sulfide) groups is 1. The Morgan fingerprint density at radius 1 is 1.08 bits per heavy atom. The summed E-state index contributed by atoms with van der Waals surface area (Å²) in [7, 11) is 0. The molecule has 1 unspecified atom stereocenters. The van der Waals surface area contributed by atoms with E-state index in [9.17, 15) is 28.3 Å². The van der Waals surface area contributed by atoms with Gasteiger partial charge in [-0.3, -0.25) is 14.5 Å². The van der Waals surface area contributed by atoms with E-state index >= 15 is 0 Å². The predicted molar refractivity (Wildman–Crippen MR) is 138 cm³/mol. The van der Waals surface area contributed by atoms with E-state index in [0.29, 0.717) is 16.0 Å². The lowest BCUT2D eigenvalue weighted by Gasteiger charge is -2.18. The largest absolute Gasteiger partial charge is 0.478 e. The summed E-state index contributed by atoms with van der Waals surface area (Å²) in [5.41, 5.74) is 1.47. The van der Waals surface area contributed by atoms with Crippen LogP contribution in [-0.4, -0.2) is 49.9 Å². The molecule has 1 atom stereocenters. The number of benzene rings is 2. The zero-order valence-electron chi connectivity index (χ0n) is 18.1. The Bertz CT molecular complexity index is 1400. The number of carbonyl (C=O) groups excluding carboxylic acids is 2. The smallest absolute Gasteiger partial charge is 0.335 e. The number of rotatable bonds is 7. The summed E-state index contributed by atoms with van der Waals surface area (Å²) < 4.78 is 26.9. The third-order valence-electron chi connectivity index (χ3n) is 5.08. The number of β-amino-alcohol motifs (C(OH)–C–C–N with tert-alkyl or cyclic N) is 1. The maximum atomic E-state index is 13.5. The van der Waals surface area contributed by atoms with Crippen molar-refractivity contribution < 1.29 is 33.4 Å². The SMILES string of the molecule is O=C(O)c1ccc(NC(=O)C(O)CN2C(=O)/C(=C/c3cc(-c4ccc(F)c(F)c4)cs3)SC2=S)cc1. The van der Waals surface area contributed by atoms with Crippen molar-refractivity contribution in [2.24, 2.45) is 0 Å². The number of carboxylic acids is 1. The number of aliphatic hydroxyl groups is 1. The van der Waals surface area contributed by atoms with E-state index in [-0.39, 0.29) is 27.0 Å². The molecule has 0 aliphatic carbocycles. The number of amides is 2. The highest BCUT2D eigenvalue weighted by molar-refractivity contribution is 8.26. The van der Waals surface area contributed by atoms with E-state index in [1.54, 1.807) is 17.5 Å². The molecule has 7 nitrogen and oxygen atoms in total. The molecule has 1 saturated heterocycles. The van der Waals surface area contributed by atoms with Crippen LogP contribution >= 0.6 is 35.3 Å². The Kier molecular flexibility index (Phi) is 7.59. The van der Waals surface area contributed by atoms with Crippen LogP contribution in [0.1, 0.15) is 15.2 Å². The zero-order valence-corrected chi connectivity index (χ0v) is 20.6. The Morgan fingerprint density at radius 2 is 1.81 bits per heavy atom. The van der Waals surface area contributed by atoms with Crippen LogP contribution in [0.2, 0.25) is 0 Å². The van der Waals surface area contributed by atoms with E-state index in [1.165, 1.54) is 41.7 Å². The average molecular weight is 547 g/mol. The first-order chi connectivity index (χ1) is 17.1. The molecule has 184 valence electrons. The van der Waals surface area contributed by atoms with E-state index in [2.05, 4.69) is 5.32 Å².